The Bertz CT molecular complexity index is 452. The van der Waals surface area contributed by atoms with Gasteiger partial charge in [0.25, 0.3) is 0 Å². The molecule has 0 unspecified atom stereocenters. The molecule has 4 N–H and O–H groups in total. The van der Waals surface area contributed by atoms with E-state index < -0.39 is 0 Å². The highest BCUT2D eigenvalue weighted by molar-refractivity contribution is 5.79. The van der Waals surface area contributed by atoms with Crippen molar-refractivity contribution in [1.82, 2.24) is 10.7 Å². The smallest absolute Gasteiger partial charge is 0.205 e. The number of methoxy groups -OCH3 is 3. The lowest BCUT2D eigenvalue weighted by Crippen LogP contribution is -2.42. The van der Waals surface area contributed by atoms with Gasteiger partial charge < -0.3 is 19.5 Å². The van der Waals surface area contributed by atoms with Gasteiger partial charge in [0.15, 0.2) is 11.5 Å². The summed E-state index contributed by atoms with van der Waals surface area (Å²) in [6.45, 7) is 1.81. The molecule has 0 aliphatic rings. The van der Waals surface area contributed by atoms with Crippen molar-refractivity contribution in [1.29, 1.82) is 0 Å². The topological polar surface area (TPSA) is 90.1 Å². The van der Waals surface area contributed by atoms with Crippen LogP contribution in [0.4, 0.5) is 0 Å². The summed E-state index contributed by atoms with van der Waals surface area (Å²) in [6, 6.07) is 5.85. The van der Waals surface area contributed by atoms with Gasteiger partial charge in [-0.15, -0.1) is 0 Å². The fourth-order valence-electron chi connectivity index (χ4n) is 1.76. The zero-order valence-corrected chi connectivity index (χ0v) is 12.8. The molecule has 0 aromatic heterocycles. The molecule has 0 saturated carbocycles. The van der Waals surface area contributed by atoms with Crippen LogP contribution in [0.2, 0.25) is 0 Å². The number of hydrazine groups is 1. The number of nitrogens with one attached hydrogen (secondary N) is 2. The van der Waals surface area contributed by atoms with Gasteiger partial charge in [0.05, 0.1) is 27.4 Å². The second kappa shape index (κ2) is 9.84. The first-order valence-corrected chi connectivity index (χ1v) is 6.70. The number of aliphatic imine (C=N–C) groups is 1. The molecule has 0 fully saturated rings. The van der Waals surface area contributed by atoms with Gasteiger partial charge in [-0.1, -0.05) is 6.07 Å². The zero-order chi connectivity index (χ0) is 15.5. The molecular formula is C14H24N4O3. The Kier molecular flexibility index (Phi) is 8.00. The Morgan fingerprint density at radius 2 is 1.95 bits per heavy atom. The summed E-state index contributed by atoms with van der Waals surface area (Å²) < 4.78 is 15.4. The van der Waals surface area contributed by atoms with Crippen molar-refractivity contribution in [2.75, 3.05) is 41.0 Å². The highest BCUT2D eigenvalue weighted by Gasteiger charge is 2.04. The van der Waals surface area contributed by atoms with Crippen LogP contribution >= 0.6 is 0 Å². The van der Waals surface area contributed by atoms with Crippen LogP contribution in [0.1, 0.15) is 5.56 Å². The third kappa shape index (κ3) is 5.88. The number of hydrogen-bond donors (Lipinski definition) is 3. The van der Waals surface area contributed by atoms with Gasteiger partial charge in [-0.2, -0.15) is 0 Å². The fourth-order valence-corrected chi connectivity index (χ4v) is 1.76. The molecule has 118 valence electrons. The van der Waals surface area contributed by atoms with Gasteiger partial charge in [0.2, 0.25) is 5.96 Å². The predicted molar refractivity (Wildman–Crippen MR) is 82.8 cm³/mol. The Balaban J connectivity index is 2.49. The highest BCUT2D eigenvalue weighted by Crippen LogP contribution is 2.27. The molecule has 1 rings (SSSR count). The van der Waals surface area contributed by atoms with Crippen LogP contribution < -0.4 is 26.1 Å². The molecule has 1 aromatic carbocycles. The summed E-state index contributed by atoms with van der Waals surface area (Å²) >= 11 is 0. The third-order valence-corrected chi connectivity index (χ3v) is 2.86. The maximum atomic E-state index is 5.40. The number of ether oxygens (including phenoxy) is 3. The first kappa shape index (κ1) is 17.1. The molecule has 0 atom stereocenters. The minimum Gasteiger partial charge on any atom is -0.493 e. The highest BCUT2D eigenvalue weighted by atomic mass is 16.5. The van der Waals surface area contributed by atoms with E-state index in [-0.39, 0.29) is 0 Å². The predicted octanol–water partition coefficient (Wildman–Crippen LogP) is 0.302. The Labute approximate surface area is 125 Å². The minimum absolute atomic E-state index is 0.549. The van der Waals surface area contributed by atoms with Crippen LogP contribution in [0.3, 0.4) is 0 Å². The van der Waals surface area contributed by atoms with Crippen molar-refractivity contribution in [3.05, 3.63) is 23.8 Å². The molecule has 0 amide bonds. The van der Waals surface area contributed by atoms with Crippen LogP contribution in [-0.4, -0.2) is 47.0 Å². The molecule has 7 heteroatoms. The average molecular weight is 296 g/mol. The molecule has 0 spiro atoms. The van der Waals surface area contributed by atoms with Gasteiger partial charge in [0, 0.05) is 13.7 Å². The molecule has 7 nitrogen and oxygen atoms in total. The van der Waals surface area contributed by atoms with Gasteiger partial charge in [-0.25, -0.2) is 10.8 Å². The van der Waals surface area contributed by atoms with E-state index in [1.165, 1.54) is 0 Å². The summed E-state index contributed by atoms with van der Waals surface area (Å²) in [7, 11) is 4.88. The van der Waals surface area contributed by atoms with E-state index in [2.05, 4.69) is 15.7 Å². The van der Waals surface area contributed by atoms with Crippen LogP contribution in [-0.2, 0) is 11.2 Å². The van der Waals surface area contributed by atoms with E-state index in [1.54, 1.807) is 21.3 Å². The second-order valence-electron chi connectivity index (χ2n) is 4.23. The van der Waals surface area contributed by atoms with E-state index in [9.17, 15) is 0 Å². The number of rotatable bonds is 8. The number of hydrogen-bond acceptors (Lipinski definition) is 5. The van der Waals surface area contributed by atoms with E-state index in [0.29, 0.717) is 25.7 Å². The van der Waals surface area contributed by atoms with Gasteiger partial charge in [-0.3, -0.25) is 5.43 Å². The van der Waals surface area contributed by atoms with E-state index >= 15 is 0 Å². The van der Waals surface area contributed by atoms with Crippen molar-refractivity contribution in [2.24, 2.45) is 10.8 Å². The molecule has 0 bridgehead atoms. The fraction of sp³-hybridized carbons (Fsp3) is 0.500. The van der Waals surface area contributed by atoms with Crippen LogP contribution in [0.25, 0.3) is 0 Å². The molecule has 0 aliphatic carbocycles. The SMILES string of the molecule is COCCN=C(NN)NCCc1ccc(OC)c(OC)c1. The van der Waals surface area contributed by atoms with Crippen LogP contribution in [0.5, 0.6) is 11.5 Å². The lowest BCUT2D eigenvalue weighted by atomic mass is 10.1. The zero-order valence-electron chi connectivity index (χ0n) is 12.8. The molecule has 0 radical (unpaired) electrons. The molecule has 0 saturated heterocycles. The molecule has 1 aromatic rings. The van der Waals surface area contributed by atoms with Crippen molar-refractivity contribution >= 4 is 5.96 Å². The Morgan fingerprint density at radius 3 is 2.57 bits per heavy atom. The lowest BCUT2D eigenvalue weighted by Gasteiger charge is -2.11. The summed E-state index contributed by atoms with van der Waals surface area (Å²) in [5.41, 5.74) is 3.66. The average Bonchev–Trinajstić information content (AvgIpc) is 2.53. The van der Waals surface area contributed by atoms with E-state index in [0.717, 1.165) is 23.5 Å². The van der Waals surface area contributed by atoms with Crippen molar-refractivity contribution < 1.29 is 14.2 Å². The van der Waals surface area contributed by atoms with Crippen LogP contribution in [0.15, 0.2) is 23.2 Å². The molecule has 21 heavy (non-hydrogen) atoms. The summed E-state index contributed by atoms with van der Waals surface area (Å²) in [5.74, 6) is 7.39. The summed E-state index contributed by atoms with van der Waals surface area (Å²) in [4.78, 5) is 4.22. The standard InChI is InChI=1S/C14H24N4O3/c1-19-9-8-17-14(18-15)16-7-6-11-4-5-12(20-2)13(10-11)21-3/h4-5,10H,6-9,15H2,1-3H3,(H2,16,17,18). The van der Waals surface area contributed by atoms with Crippen molar-refractivity contribution in [3.63, 3.8) is 0 Å². The normalized spacial score (nSPS) is 11.1. The Morgan fingerprint density at radius 1 is 1.19 bits per heavy atom. The van der Waals surface area contributed by atoms with E-state index in [4.69, 9.17) is 20.1 Å². The minimum atomic E-state index is 0.549. The summed E-state index contributed by atoms with van der Waals surface area (Å²) in [6.07, 6.45) is 0.811. The van der Waals surface area contributed by atoms with Crippen molar-refractivity contribution in [3.8, 4) is 11.5 Å². The number of nitrogens with zero attached hydrogens (tertiary/aromatic N) is 1. The number of benzene rings is 1. The maximum absolute atomic E-state index is 5.40. The Hall–Kier alpha value is -1.99. The maximum Gasteiger partial charge on any atom is 0.205 e. The number of nitrogens with two attached hydrogens (primary N) is 1. The van der Waals surface area contributed by atoms with Crippen LogP contribution in [0, 0.1) is 0 Å². The monoisotopic (exact) mass is 296 g/mol. The number of guanidine groups is 1. The van der Waals surface area contributed by atoms with Gasteiger partial charge in [-0.05, 0) is 24.1 Å². The third-order valence-electron chi connectivity index (χ3n) is 2.86. The largest absolute Gasteiger partial charge is 0.493 e. The first-order valence-electron chi connectivity index (χ1n) is 6.70. The summed E-state index contributed by atoms with van der Waals surface area (Å²) in [5, 5.41) is 3.13. The second-order valence-corrected chi connectivity index (χ2v) is 4.23. The van der Waals surface area contributed by atoms with E-state index in [1.807, 2.05) is 18.2 Å². The van der Waals surface area contributed by atoms with Gasteiger partial charge in [0.1, 0.15) is 0 Å². The lowest BCUT2D eigenvalue weighted by molar-refractivity contribution is 0.208. The molecule has 0 aliphatic heterocycles. The van der Waals surface area contributed by atoms with Crippen molar-refractivity contribution in [2.45, 2.75) is 6.42 Å². The first-order chi connectivity index (χ1) is 10.2. The molecular weight excluding hydrogens is 272 g/mol. The van der Waals surface area contributed by atoms with Gasteiger partial charge >= 0.3 is 0 Å². The molecule has 0 heterocycles. The quantitative estimate of drug-likeness (QED) is 0.210.